The van der Waals surface area contributed by atoms with Crippen LogP contribution in [0.2, 0.25) is 20.1 Å². The van der Waals surface area contributed by atoms with Gasteiger partial charge < -0.3 is 19.3 Å². The van der Waals surface area contributed by atoms with Gasteiger partial charge >= 0.3 is 0 Å². The number of halogens is 4. The van der Waals surface area contributed by atoms with Crippen molar-refractivity contribution in [2.75, 3.05) is 26.3 Å². The van der Waals surface area contributed by atoms with E-state index in [4.69, 9.17) is 61.0 Å². The maximum Gasteiger partial charge on any atom is 0.240 e. The number of benzene rings is 2. The molecule has 18 heteroatoms. The molecular formula is C35H39Cl4N7O6S. The van der Waals surface area contributed by atoms with Crippen molar-refractivity contribution in [3.8, 4) is 23.6 Å². The molecule has 13 nitrogen and oxygen atoms in total. The molecule has 0 bridgehead atoms. The molecule has 0 aromatic heterocycles. The van der Waals surface area contributed by atoms with Crippen molar-refractivity contribution >= 4 is 68.2 Å². The summed E-state index contributed by atoms with van der Waals surface area (Å²) in [6, 6.07) is 7.80. The third-order valence-corrected chi connectivity index (χ3v) is 12.7. The summed E-state index contributed by atoms with van der Waals surface area (Å²) in [5.41, 5.74) is 0.119. The fourth-order valence-corrected chi connectivity index (χ4v) is 9.96. The highest BCUT2D eigenvalue weighted by Crippen LogP contribution is 2.44. The normalized spacial score (nSPS) is 26.3. The topological polar surface area (TPSA) is 191 Å². The predicted molar refractivity (Wildman–Crippen MR) is 199 cm³/mol. The predicted octanol–water partition coefficient (Wildman–Crippen LogP) is 4.71. The Balaban J connectivity index is 1.15. The Labute approximate surface area is 328 Å². The fraction of sp³-hybridized carbons (Fsp3) is 0.543. The molecule has 4 heterocycles. The van der Waals surface area contributed by atoms with Gasteiger partial charge in [-0.2, -0.15) is 10.5 Å². The number of carbonyl (C=O) groups excluding carboxylic acids is 2. The van der Waals surface area contributed by atoms with Gasteiger partial charge in [0.1, 0.15) is 42.0 Å². The second-order valence-electron chi connectivity index (χ2n) is 13.8. The lowest BCUT2D eigenvalue weighted by atomic mass is 10.0. The number of likely N-dealkylation sites (tertiary alicyclic amines) is 2. The first-order valence-corrected chi connectivity index (χ1v) is 20.6. The van der Waals surface area contributed by atoms with E-state index in [2.05, 4.69) is 22.8 Å². The molecule has 4 fully saturated rings. The van der Waals surface area contributed by atoms with Crippen LogP contribution in [0.15, 0.2) is 24.3 Å². The Kier molecular flexibility index (Phi) is 12.5. The van der Waals surface area contributed by atoms with Gasteiger partial charge in [0.25, 0.3) is 0 Å². The molecule has 284 valence electrons. The molecule has 4 saturated heterocycles. The standard InChI is InChI=1S/C35H39Cl4N7O6S/c36-25-13-27(38)31(51-17-19-5-7-29(43-19)34(47)45-9-1-3-21(45)15-40)11-23(25)33(53(42,49)50)24-12-32(28(39)14-26(24)37)52-18-20-6-8-30(44-20)35(48)46-10-2-4-22(46)16-41/h11-14,19-22,29-30,33,43-44H,1-10,17-18H2,(H2,42,49,50). The van der Waals surface area contributed by atoms with Crippen LogP contribution in [-0.2, 0) is 19.6 Å². The van der Waals surface area contributed by atoms with Crippen LogP contribution in [0, 0.1) is 22.7 Å². The van der Waals surface area contributed by atoms with Crippen LogP contribution in [0.4, 0.5) is 0 Å². The van der Waals surface area contributed by atoms with Gasteiger partial charge in [-0.1, -0.05) is 46.4 Å². The number of nitrogens with zero attached hydrogens (tertiary/aromatic N) is 4. The molecule has 0 radical (unpaired) electrons. The summed E-state index contributed by atoms with van der Waals surface area (Å²) in [7, 11) is -4.42. The van der Waals surface area contributed by atoms with Crippen LogP contribution in [0.5, 0.6) is 11.5 Å². The van der Waals surface area contributed by atoms with Gasteiger partial charge in [-0.05, 0) is 86.8 Å². The second-order valence-corrected chi connectivity index (χ2v) is 17.1. The first-order chi connectivity index (χ1) is 25.3. The minimum absolute atomic E-state index is 0.000300. The van der Waals surface area contributed by atoms with Gasteiger partial charge in [0.2, 0.25) is 21.8 Å². The Hall–Kier alpha value is -3.05. The van der Waals surface area contributed by atoms with Crippen LogP contribution in [-0.4, -0.2) is 92.6 Å². The van der Waals surface area contributed by atoms with E-state index in [9.17, 15) is 28.5 Å². The summed E-state index contributed by atoms with van der Waals surface area (Å²) >= 11 is 26.2. The Morgan fingerprint density at radius 2 is 1.15 bits per heavy atom. The molecular weight excluding hydrogens is 788 g/mol. The molecule has 2 amide bonds. The molecule has 6 rings (SSSR count). The third-order valence-electron chi connectivity index (χ3n) is 10.3. The van der Waals surface area contributed by atoms with Crippen molar-refractivity contribution in [1.82, 2.24) is 20.4 Å². The van der Waals surface area contributed by atoms with Gasteiger partial charge in [0.15, 0.2) is 0 Å². The monoisotopic (exact) mass is 825 g/mol. The van der Waals surface area contributed by atoms with Crippen molar-refractivity contribution in [1.29, 1.82) is 10.5 Å². The van der Waals surface area contributed by atoms with Crippen LogP contribution >= 0.6 is 46.4 Å². The van der Waals surface area contributed by atoms with E-state index in [0.29, 0.717) is 51.6 Å². The molecule has 4 N–H and O–H groups in total. The molecule has 0 spiro atoms. The van der Waals surface area contributed by atoms with E-state index < -0.39 is 39.4 Å². The van der Waals surface area contributed by atoms with Crippen LogP contribution in [0.1, 0.15) is 67.7 Å². The Morgan fingerprint density at radius 1 is 0.736 bits per heavy atom. The summed E-state index contributed by atoms with van der Waals surface area (Å²) in [6.45, 7) is 1.34. The zero-order valence-corrected chi connectivity index (χ0v) is 32.4. The molecule has 53 heavy (non-hydrogen) atoms. The summed E-state index contributed by atoms with van der Waals surface area (Å²) in [6.07, 6.45) is 5.34. The molecule has 6 atom stereocenters. The first kappa shape index (κ1) is 39.6. The average molecular weight is 828 g/mol. The fourth-order valence-electron chi connectivity index (χ4n) is 7.64. The van der Waals surface area contributed by atoms with E-state index in [1.807, 2.05) is 0 Å². The number of primary sulfonamides is 1. The number of nitriles is 2. The van der Waals surface area contributed by atoms with Crippen molar-refractivity contribution in [3.63, 3.8) is 0 Å². The number of amides is 2. The van der Waals surface area contributed by atoms with Crippen LogP contribution < -0.4 is 25.2 Å². The van der Waals surface area contributed by atoms with Crippen LogP contribution in [0.25, 0.3) is 0 Å². The molecule has 0 aliphatic carbocycles. The van der Waals surface area contributed by atoms with E-state index in [-0.39, 0.29) is 79.8 Å². The first-order valence-electron chi connectivity index (χ1n) is 17.5. The minimum atomic E-state index is -4.42. The largest absolute Gasteiger partial charge is 0.490 e. The second kappa shape index (κ2) is 16.8. The van der Waals surface area contributed by atoms with Gasteiger partial charge in [0, 0.05) is 35.2 Å². The lowest BCUT2D eigenvalue weighted by Crippen LogP contribution is -2.47. The summed E-state index contributed by atoms with van der Waals surface area (Å²) in [5.74, 6) is 0.0869. The van der Waals surface area contributed by atoms with E-state index in [1.165, 1.54) is 24.3 Å². The molecule has 2 aromatic rings. The van der Waals surface area contributed by atoms with E-state index in [1.54, 1.807) is 9.80 Å². The lowest BCUT2D eigenvalue weighted by molar-refractivity contribution is -0.133. The Morgan fingerprint density at radius 3 is 1.53 bits per heavy atom. The quantitative estimate of drug-likeness (QED) is 0.286. The summed E-state index contributed by atoms with van der Waals surface area (Å²) in [4.78, 5) is 29.4. The number of ether oxygens (including phenoxy) is 2. The number of sulfonamides is 1. The highest BCUT2D eigenvalue weighted by Gasteiger charge is 2.39. The average Bonchev–Trinajstić information content (AvgIpc) is 3.95. The number of carbonyl (C=O) groups is 2. The minimum Gasteiger partial charge on any atom is -0.490 e. The van der Waals surface area contributed by atoms with Crippen molar-refractivity contribution in [2.24, 2.45) is 5.14 Å². The van der Waals surface area contributed by atoms with Gasteiger partial charge in [0.05, 0.1) is 34.3 Å². The lowest BCUT2D eigenvalue weighted by Gasteiger charge is -2.24. The number of rotatable bonds is 11. The number of nitrogens with two attached hydrogens (primary N) is 1. The van der Waals surface area contributed by atoms with Crippen molar-refractivity contribution < 1.29 is 27.5 Å². The van der Waals surface area contributed by atoms with E-state index in [0.717, 1.165) is 12.8 Å². The zero-order chi connectivity index (χ0) is 38.0. The third kappa shape index (κ3) is 8.77. The number of hydrogen-bond acceptors (Lipinski definition) is 10. The molecule has 6 unspecified atom stereocenters. The number of nitrogens with one attached hydrogen (secondary N) is 2. The van der Waals surface area contributed by atoms with E-state index >= 15 is 0 Å². The summed E-state index contributed by atoms with van der Waals surface area (Å²) in [5, 5.41) is 29.9. The van der Waals surface area contributed by atoms with Gasteiger partial charge in [-0.15, -0.1) is 0 Å². The molecule has 2 aromatic carbocycles. The maximum atomic E-state index is 13.3. The van der Waals surface area contributed by atoms with Gasteiger partial charge in [-0.25, -0.2) is 13.6 Å². The van der Waals surface area contributed by atoms with Crippen molar-refractivity contribution in [2.45, 2.75) is 92.9 Å². The van der Waals surface area contributed by atoms with Gasteiger partial charge in [-0.3, -0.25) is 20.2 Å². The highest BCUT2D eigenvalue weighted by molar-refractivity contribution is 7.89. The smallest absolute Gasteiger partial charge is 0.240 e. The van der Waals surface area contributed by atoms with Crippen molar-refractivity contribution in [3.05, 3.63) is 55.5 Å². The van der Waals surface area contributed by atoms with Crippen LogP contribution in [0.3, 0.4) is 0 Å². The molecule has 0 saturated carbocycles. The Bertz CT molecular complexity index is 1820. The summed E-state index contributed by atoms with van der Waals surface area (Å²) < 4.78 is 38.6. The SMILES string of the molecule is N#CC1CCCN1C(=O)C1CCC(COc2cc(C(c3cc(OCC4CCC(C(=O)N5CCCC5C#N)N4)c(Cl)cc3Cl)S(N)(=O)=O)c(Cl)cc2Cl)N1. The highest BCUT2D eigenvalue weighted by atomic mass is 35.5. The number of hydrogen-bond donors (Lipinski definition) is 3. The molecule has 4 aliphatic heterocycles. The maximum absolute atomic E-state index is 13.3. The zero-order valence-electron chi connectivity index (χ0n) is 28.6. The molecule has 4 aliphatic rings.